The van der Waals surface area contributed by atoms with E-state index in [1.807, 2.05) is 0 Å². The lowest BCUT2D eigenvalue weighted by Gasteiger charge is -2.55. The van der Waals surface area contributed by atoms with E-state index in [4.69, 9.17) is 10.8 Å². The van der Waals surface area contributed by atoms with E-state index in [9.17, 15) is 5.11 Å². The largest absolute Gasteiger partial charge is 0.396 e. The third-order valence-electron chi connectivity index (χ3n) is 10.6. The highest BCUT2D eigenvalue weighted by Crippen LogP contribution is 2.59. The number of aromatic nitrogens is 2. The number of hydrogen-bond acceptors (Lipinski definition) is 3. The normalized spacial score (nSPS) is 43.6. The van der Waals surface area contributed by atoms with E-state index in [0.29, 0.717) is 30.4 Å². The molecule has 1 heterocycles. The first kappa shape index (κ1) is 21.9. The topological polar surface area (TPSA) is 64.1 Å². The minimum Gasteiger partial charge on any atom is -0.396 e. The smallest absolute Gasteiger partial charge is 0.0525 e. The van der Waals surface area contributed by atoms with Crippen LogP contribution in [-0.4, -0.2) is 28.0 Å². The molecule has 0 spiro atoms. The van der Waals surface area contributed by atoms with Crippen molar-refractivity contribution < 1.29 is 5.11 Å². The van der Waals surface area contributed by atoms with Gasteiger partial charge in [0.15, 0.2) is 0 Å². The van der Waals surface area contributed by atoms with Gasteiger partial charge in [0, 0.05) is 12.3 Å². The molecule has 3 N–H and O–H groups in total. The first-order chi connectivity index (χ1) is 15.0. The van der Waals surface area contributed by atoms with Gasteiger partial charge in [0.25, 0.3) is 0 Å². The SMILES string of the molecule is C[C@@H]1C[C@H]([C@@]2(C)Cc3cnn(C4CCCCC4)c3C[C@@H]2CO)[C@@H](CN)[C@H]2CC[C@H](C)[C@@H]21. The van der Waals surface area contributed by atoms with Crippen LogP contribution < -0.4 is 5.73 Å². The number of hydrogen-bond donors (Lipinski definition) is 2. The van der Waals surface area contributed by atoms with Gasteiger partial charge in [-0.1, -0.05) is 46.5 Å². The summed E-state index contributed by atoms with van der Waals surface area (Å²) in [6.07, 6.45) is 14.8. The Morgan fingerprint density at radius 2 is 1.90 bits per heavy atom. The number of fused-ring (bicyclic) bond motifs is 2. The summed E-state index contributed by atoms with van der Waals surface area (Å²) in [5.74, 6) is 4.81. The summed E-state index contributed by atoms with van der Waals surface area (Å²) in [6, 6.07) is 0.577. The maximum Gasteiger partial charge on any atom is 0.0525 e. The minimum atomic E-state index is 0.122. The highest BCUT2D eigenvalue weighted by molar-refractivity contribution is 5.26. The number of nitrogens with two attached hydrogens (primary N) is 1. The molecule has 5 rings (SSSR count). The van der Waals surface area contributed by atoms with E-state index in [1.165, 1.54) is 62.6 Å². The maximum atomic E-state index is 10.6. The predicted octanol–water partition coefficient (Wildman–Crippen LogP) is 4.99. The quantitative estimate of drug-likeness (QED) is 0.711. The highest BCUT2D eigenvalue weighted by Gasteiger charge is 2.55. The molecule has 0 aromatic carbocycles. The van der Waals surface area contributed by atoms with Crippen LogP contribution in [0.15, 0.2) is 6.20 Å². The van der Waals surface area contributed by atoms with Crippen LogP contribution in [0.4, 0.5) is 0 Å². The third kappa shape index (κ3) is 3.51. The predicted molar refractivity (Wildman–Crippen MR) is 126 cm³/mol. The van der Waals surface area contributed by atoms with Crippen LogP contribution in [0.2, 0.25) is 0 Å². The lowest BCUT2D eigenvalue weighted by atomic mass is 9.50. The summed E-state index contributed by atoms with van der Waals surface area (Å²) in [5, 5.41) is 15.5. The molecule has 0 saturated heterocycles. The van der Waals surface area contributed by atoms with Crippen LogP contribution in [0.1, 0.15) is 89.4 Å². The number of rotatable bonds is 4. The van der Waals surface area contributed by atoms with Crippen molar-refractivity contribution in [1.82, 2.24) is 9.78 Å². The molecule has 4 nitrogen and oxygen atoms in total. The Labute approximate surface area is 189 Å². The van der Waals surface area contributed by atoms with Gasteiger partial charge in [-0.05, 0) is 97.5 Å². The third-order valence-corrected chi connectivity index (χ3v) is 10.6. The molecule has 4 heteroatoms. The van der Waals surface area contributed by atoms with Crippen molar-refractivity contribution in [2.24, 2.45) is 52.6 Å². The molecule has 1 aromatic heterocycles. The Kier molecular flexibility index (Phi) is 6.01. The number of aliphatic hydroxyl groups is 1. The van der Waals surface area contributed by atoms with Gasteiger partial charge in [0.05, 0.1) is 12.2 Å². The van der Waals surface area contributed by atoms with Gasteiger partial charge < -0.3 is 10.8 Å². The van der Waals surface area contributed by atoms with Crippen molar-refractivity contribution in [3.63, 3.8) is 0 Å². The van der Waals surface area contributed by atoms with Crippen LogP contribution >= 0.6 is 0 Å². The Morgan fingerprint density at radius 1 is 1.13 bits per heavy atom. The fraction of sp³-hybridized carbons (Fsp3) is 0.889. The molecule has 0 bridgehead atoms. The molecule has 0 radical (unpaired) electrons. The van der Waals surface area contributed by atoms with Crippen molar-refractivity contribution in [3.05, 3.63) is 17.5 Å². The van der Waals surface area contributed by atoms with Crippen LogP contribution in [0.5, 0.6) is 0 Å². The second kappa shape index (κ2) is 8.48. The summed E-state index contributed by atoms with van der Waals surface area (Å²) in [4.78, 5) is 0. The van der Waals surface area contributed by atoms with Gasteiger partial charge in [-0.3, -0.25) is 4.68 Å². The zero-order valence-corrected chi connectivity index (χ0v) is 20.1. The van der Waals surface area contributed by atoms with E-state index < -0.39 is 0 Å². The number of nitrogens with zero attached hydrogens (tertiary/aromatic N) is 2. The fourth-order valence-electron chi connectivity index (χ4n) is 9.04. The van der Waals surface area contributed by atoms with Gasteiger partial charge in [-0.15, -0.1) is 0 Å². The molecule has 3 saturated carbocycles. The van der Waals surface area contributed by atoms with Crippen molar-refractivity contribution >= 4 is 0 Å². The standard InChI is InChI=1S/C27H45N3O/c1-17-9-10-22-23(14-28)24(11-18(2)26(17)22)27(3)13-19-15-29-30(21-7-5-4-6-8-21)25(19)12-20(27)16-31/h15,17-18,20-24,26,31H,4-14,16,28H2,1-3H3/t17-,18+,20+,22+,23-,24-,26+,27-/m0/s1. The zero-order valence-electron chi connectivity index (χ0n) is 20.1. The van der Waals surface area contributed by atoms with Crippen molar-refractivity contribution in [1.29, 1.82) is 0 Å². The first-order valence-electron chi connectivity index (χ1n) is 13.3. The van der Waals surface area contributed by atoms with E-state index in [0.717, 1.165) is 43.1 Å². The average Bonchev–Trinajstić information content (AvgIpc) is 3.37. The summed E-state index contributed by atoms with van der Waals surface area (Å²) >= 11 is 0. The van der Waals surface area contributed by atoms with Gasteiger partial charge in [-0.25, -0.2) is 0 Å². The van der Waals surface area contributed by atoms with E-state index in [-0.39, 0.29) is 5.41 Å². The second-order valence-corrected chi connectivity index (χ2v) is 12.1. The van der Waals surface area contributed by atoms with Crippen LogP contribution in [-0.2, 0) is 12.8 Å². The Morgan fingerprint density at radius 3 is 2.61 bits per heavy atom. The van der Waals surface area contributed by atoms with Crippen LogP contribution in [0.25, 0.3) is 0 Å². The molecule has 0 unspecified atom stereocenters. The maximum absolute atomic E-state index is 10.6. The monoisotopic (exact) mass is 427 g/mol. The van der Waals surface area contributed by atoms with E-state index >= 15 is 0 Å². The average molecular weight is 428 g/mol. The van der Waals surface area contributed by atoms with E-state index in [2.05, 4.69) is 31.6 Å². The minimum absolute atomic E-state index is 0.122. The summed E-state index contributed by atoms with van der Waals surface area (Å²) in [7, 11) is 0. The molecular weight excluding hydrogens is 382 g/mol. The molecule has 1 aromatic rings. The molecule has 174 valence electrons. The molecule has 4 aliphatic carbocycles. The summed E-state index contributed by atoms with van der Waals surface area (Å²) in [6.45, 7) is 8.57. The lowest BCUT2D eigenvalue weighted by Crippen LogP contribution is -2.53. The summed E-state index contributed by atoms with van der Waals surface area (Å²) in [5.41, 5.74) is 9.53. The van der Waals surface area contributed by atoms with Gasteiger partial charge >= 0.3 is 0 Å². The summed E-state index contributed by atoms with van der Waals surface area (Å²) < 4.78 is 2.37. The van der Waals surface area contributed by atoms with Crippen molar-refractivity contribution in [2.75, 3.05) is 13.2 Å². The molecule has 3 fully saturated rings. The fourth-order valence-corrected chi connectivity index (χ4v) is 9.04. The van der Waals surface area contributed by atoms with Gasteiger partial charge in [-0.2, -0.15) is 5.10 Å². The van der Waals surface area contributed by atoms with Crippen molar-refractivity contribution in [3.8, 4) is 0 Å². The van der Waals surface area contributed by atoms with Gasteiger partial charge in [0.1, 0.15) is 0 Å². The van der Waals surface area contributed by atoms with Crippen LogP contribution in [0.3, 0.4) is 0 Å². The van der Waals surface area contributed by atoms with E-state index in [1.54, 1.807) is 0 Å². The Bertz CT molecular complexity index is 769. The van der Waals surface area contributed by atoms with Gasteiger partial charge in [0.2, 0.25) is 0 Å². The molecule has 0 aliphatic heterocycles. The number of aliphatic hydroxyl groups excluding tert-OH is 1. The molecular formula is C27H45N3O. The molecule has 0 amide bonds. The zero-order chi connectivity index (χ0) is 21.8. The molecule has 31 heavy (non-hydrogen) atoms. The van der Waals surface area contributed by atoms with Crippen LogP contribution in [0, 0.1) is 46.8 Å². The Balaban J connectivity index is 1.46. The second-order valence-electron chi connectivity index (χ2n) is 12.1. The Hall–Kier alpha value is -0.870. The molecule has 4 aliphatic rings. The van der Waals surface area contributed by atoms with Crippen molar-refractivity contribution in [2.45, 2.75) is 91.0 Å². The molecule has 8 atom stereocenters. The first-order valence-corrected chi connectivity index (χ1v) is 13.3. The lowest BCUT2D eigenvalue weighted by molar-refractivity contribution is -0.0610. The highest BCUT2D eigenvalue weighted by atomic mass is 16.3.